The van der Waals surface area contributed by atoms with Crippen molar-refractivity contribution in [2.24, 2.45) is 5.73 Å². The van der Waals surface area contributed by atoms with E-state index in [0.29, 0.717) is 0 Å². The summed E-state index contributed by atoms with van der Waals surface area (Å²) in [4.78, 5) is 1.23. The Morgan fingerprint density at radius 3 is 1.81 bits per heavy atom. The van der Waals surface area contributed by atoms with Gasteiger partial charge in [0.15, 0.2) is 0 Å². The summed E-state index contributed by atoms with van der Waals surface area (Å²) >= 11 is 1.89. The Bertz CT molecular complexity index is 355. The molecular formula is C18H32N2S. The number of thioether (sulfide) groups is 1. The predicted molar refractivity (Wildman–Crippen MR) is 96.8 cm³/mol. The Labute approximate surface area is 135 Å². The molecule has 0 aromatic heterocycles. The standard InChI is InChI=1S/C18H32N2S/c19-15-11-7-5-3-1-2-4-6-8-12-16-21-18-14-10-9-13-17(18)20/h9-10,13-14H,1-8,11-12,15-16,19-20H2. The molecule has 1 aromatic carbocycles. The molecular weight excluding hydrogens is 276 g/mol. The fourth-order valence-corrected chi connectivity index (χ4v) is 3.43. The lowest BCUT2D eigenvalue weighted by Crippen LogP contribution is -1.97. The van der Waals surface area contributed by atoms with Crippen LogP contribution >= 0.6 is 11.8 Å². The topological polar surface area (TPSA) is 52.0 Å². The second-order valence-corrected chi connectivity index (χ2v) is 6.85. The number of nitrogen functional groups attached to an aromatic ring is 1. The summed E-state index contributed by atoms with van der Waals surface area (Å²) in [5.41, 5.74) is 12.3. The average molecular weight is 309 g/mol. The van der Waals surface area contributed by atoms with Crippen molar-refractivity contribution < 1.29 is 0 Å². The van der Waals surface area contributed by atoms with Crippen LogP contribution < -0.4 is 11.5 Å². The van der Waals surface area contributed by atoms with Gasteiger partial charge in [0.05, 0.1) is 0 Å². The Morgan fingerprint density at radius 1 is 0.714 bits per heavy atom. The zero-order valence-corrected chi connectivity index (χ0v) is 14.2. The molecule has 4 N–H and O–H groups in total. The zero-order valence-electron chi connectivity index (χ0n) is 13.4. The predicted octanol–water partition coefficient (Wildman–Crippen LogP) is 5.22. The maximum Gasteiger partial charge on any atom is 0.0452 e. The summed E-state index contributed by atoms with van der Waals surface area (Å²) in [7, 11) is 0. The van der Waals surface area contributed by atoms with Gasteiger partial charge in [0, 0.05) is 10.6 Å². The van der Waals surface area contributed by atoms with Crippen molar-refractivity contribution in [3.05, 3.63) is 24.3 Å². The molecule has 120 valence electrons. The molecule has 0 aliphatic heterocycles. The van der Waals surface area contributed by atoms with E-state index in [1.807, 2.05) is 23.9 Å². The highest BCUT2D eigenvalue weighted by Crippen LogP contribution is 2.25. The van der Waals surface area contributed by atoms with Gasteiger partial charge in [-0.05, 0) is 37.3 Å². The third kappa shape index (κ3) is 9.81. The molecule has 0 radical (unpaired) electrons. The Morgan fingerprint density at radius 2 is 1.24 bits per heavy atom. The third-order valence-corrected chi connectivity index (χ3v) is 4.95. The fraction of sp³-hybridized carbons (Fsp3) is 0.667. The Kier molecular flexibility index (Phi) is 11.4. The van der Waals surface area contributed by atoms with Crippen molar-refractivity contribution in [1.82, 2.24) is 0 Å². The van der Waals surface area contributed by atoms with Crippen LogP contribution in [0.1, 0.15) is 64.2 Å². The molecule has 0 atom stereocenters. The van der Waals surface area contributed by atoms with Gasteiger partial charge in [-0.2, -0.15) is 0 Å². The van der Waals surface area contributed by atoms with Gasteiger partial charge in [-0.25, -0.2) is 0 Å². The summed E-state index contributed by atoms with van der Waals surface area (Å²) in [6, 6.07) is 8.15. The van der Waals surface area contributed by atoms with Crippen LogP contribution in [0.3, 0.4) is 0 Å². The molecule has 1 aromatic rings. The first-order chi connectivity index (χ1) is 10.3. The largest absolute Gasteiger partial charge is 0.398 e. The van der Waals surface area contributed by atoms with E-state index in [-0.39, 0.29) is 0 Å². The second-order valence-electron chi connectivity index (χ2n) is 5.71. The fourth-order valence-electron chi connectivity index (χ4n) is 2.45. The third-order valence-electron chi connectivity index (χ3n) is 3.78. The SMILES string of the molecule is NCCCCCCCCCCCCSc1ccccc1N. The highest BCUT2D eigenvalue weighted by molar-refractivity contribution is 7.99. The van der Waals surface area contributed by atoms with Crippen molar-refractivity contribution in [2.75, 3.05) is 18.0 Å². The lowest BCUT2D eigenvalue weighted by atomic mass is 10.1. The minimum Gasteiger partial charge on any atom is -0.398 e. The van der Waals surface area contributed by atoms with Crippen LogP contribution in [0.5, 0.6) is 0 Å². The number of benzene rings is 1. The Hall–Kier alpha value is -0.670. The second kappa shape index (κ2) is 13.0. The minimum absolute atomic E-state index is 0.854. The Balaban J connectivity index is 1.84. The first-order valence-corrected chi connectivity index (χ1v) is 9.50. The number of anilines is 1. The molecule has 2 nitrogen and oxygen atoms in total. The number of nitrogens with two attached hydrogens (primary N) is 2. The smallest absolute Gasteiger partial charge is 0.0452 e. The molecule has 0 amide bonds. The van der Waals surface area contributed by atoms with Crippen LogP contribution in [-0.4, -0.2) is 12.3 Å². The van der Waals surface area contributed by atoms with Crippen molar-refractivity contribution in [3.63, 3.8) is 0 Å². The summed E-state index contributed by atoms with van der Waals surface area (Å²) < 4.78 is 0. The maximum atomic E-state index is 5.93. The summed E-state index contributed by atoms with van der Waals surface area (Å²) in [6.07, 6.45) is 13.5. The molecule has 0 spiro atoms. The summed E-state index contributed by atoms with van der Waals surface area (Å²) in [5.74, 6) is 1.19. The minimum atomic E-state index is 0.854. The molecule has 1 rings (SSSR count). The van der Waals surface area contributed by atoms with E-state index in [2.05, 4.69) is 12.1 Å². The van der Waals surface area contributed by atoms with Gasteiger partial charge in [0.2, 0.25) is 0 Å². The molecule has 0 unspecified atom stereocenters. The van der Waals surface area contributed by atoms with Gasteiger partial charge in [0.25, 0.3) is 0 Å². The van der Waals surface area contributed by atoms with Crippen molar-refractivity contribution in [2.45, 2.75) is 69.1 Å². The number of hydrogen-bond donors (Lipinski definition) is 2. The van der Waals surface area contributed by atoms with E-state index < -0.39 is 0 Å². The van der Waals surface area contributed by atoms with Crippen LogP contribution in [0, 0.1) is 0 Å². The van der Waals surface area contributed by atoms with E-state index in [1.165, 1.54) is 74.9 Å². The van der Waals surface area contributed by atoms with Gasteiger partial charge in [-0.1, -0.05) is 63.5 Å². The molecule has 3 heteroatoms. The number of para-hydroxylation sites is 1. The summed E-state index contributed by atoms with van der Waals surface area (Å²) in [5, 5.41) is 0. The van der Waals surface area contributed by atoms with Crippen LogP contribution in [0.2, 0.25) is 0 Å². The molecule has 21 heavy (non-hydrogen) atoms. The van der Waals surface area contributed by atoms with Gasteiger partial charge in [-0.15, -0.1) is 11.8 Å². The van der Waals surface area contributed by atoms with Gasteiger partial charge in [-0.3, -0.25) is 0 Å². The quantitative estimate of drug-likeness (QED) is 0.298. The molecule has 0 saturated carbocycles. The first-order valence-electron chi connectivity index (χ1n) is 8.52. The van der Waals surface area contributed by atoms with E-state index in [9.17, 15) is 0 Å². The van der Waals surface area contributed by atoms with Crippen molar-refractivity contribution in [1.29, 1.82) is 0 Å². The van der Waals surface area contributed by atoms with Crippen molar-refractivity contribution >= 4 is 17.4 Å². The number of hydrogen-bond acceptors (Lipinski definition) is 3. The highest BCUT2D eigenvalue weighted by atomic mass is 32.2. The number of rotatable bonds is 13. The molecule has 0 saturated heterocycles. The van der Waals surface area contributed by atoms with Crippen molar-refractivity contribution in [3.8, 4) is 0 Å². The summed E-state index contributed by atoms with van der Waals surface area (Å²) in [6.45, 7) is 0.854. The molecule has 0 heterocycles. The monoisotopic (exact) mass is 308 g/mol. The van der Waals surface area contributed by atoms with E-state index in [1.54, 1.807) is 0 Å². The lowest BCUT2D eigenvalue weighted by Gasteiger charge is -2.05. The average Bonchev–Trinajstić information content (AvgIpc) is 2.50. The zero-order chi connectivity index (χ0) is 15.2. The first kappa shape index (κ1) is 18.4. The van der Waals surface area contributed by atoms with E-state index >= 15 is 0 Å². The molecule has 0 aliphatic carbocycles. The van der Waals surface area contributed by atoms with Crippen LogP contribution in [0.15, 0.2) is 29.2 Å². The highest BCUT2D eigenvalue weighted by Gasteiger charge is 1.98. The van der Waals surface area contributed by atoms with Gasteiger partial charge in [0.1, 0.15) is 0 Å². The van der Waals surface area contributed by atoms with Gasteiger partial charge >= 0.3 is 0 Å². The van der Waals surface area contributed by atoms with E-state index in [0.717, 1.165) is 12.2 Å². The normalized spacial score (nSPS) is 10.9. The molecule has 0 aliphatic rings. The number of unbranched alkanes of at least 4 members (excludes halogenated alkanes) is 9. The van der Waals surface area contributed by atoms with Gasteiger partial charge < -0.3 is 11.5 Å². The maximum absolute atomic E-state index is 5.93. The molecule has 0 bridgehead atoms. The lowest BCUT2D eigenvalue weighted by molar-refractivity contribution is 0.559. The van der Waals surface area contributed by atoms with Crippen LogP contribution in [0.25, 0.3) is 0 Å². The van der Waals surface area contributed by atoms with E-state index in [4.69, 9.17) is 11.5 Å². The van der Waals surface area contributed by atoms with Crippen LogP contribution in [0.4, 0.5) is 5.69 Å². The molecule has 0 fully saturated rings. The van der Waals surface area contributed by atoms with Crippen LogP contribution in [-0.2, 0) is 0 Å².